The maximum Gasteiger partial charge on any atom is 0.301 e. The number of hydrogen-bond donors (Lipinski definition) is 3. The van der Waals surface area contributed by atoms with Gasteiger partial charge in [-0.05, 0) is 36.8 Å². The van der Waals surface area contributed by atoms with E-state index in [0.29, 0.717) is 16.5 Å². The van der Waals surface area contributed by atoms with E-state index in [-0.39, 0.29) is 48.0 Å². The molecule has 0 saturated carbocycles. The highest BCUT2D eigenvalue weighted by atomic mass is 32.2. The van der Waals surface area contributed by atoms with E-state index in [1.807, 2.05) is 0 Å². The summed E-state index contributed by atoms with van der Waals surface area (Å²) < 4.78 is 44.4. The molecule has 0 saturated heterocycles. The minimum atomic E-state index is -3.90. The summed E-state index contributed by atoms with van der Waals surface area (Å²) in [6.07, 6.45) is 3.07. The van der Waals surface area contributed by atoms with Crippen LogP contribution in [-0.4, -0.2) is 41.3 Å². The Morgan fingerprint density at radius 2 is 1.84 bits per heavy atom. The van der Waals surface area contributed by atoms with Crippen molar-refractivity contribution >= 4 is 37.6 Å². The molecule has 0 amide bonds. The van der Waals surface area contributed by atoms with Crippen LogP contribution in [0.3, 0.4) is 0 Å². The van der Waals surface area contributed by atoms with Crippen LogP contribution >= 0.6 is 0 Å². The van der Waals surface area contributed by atoms with Crippen molar-refractivity contribution in [3.05, 3.63) is 60.2 Å². The number of pyridine rings is 1. The van der Waals surface area contributed by atoms with Crippen molar-refractivity contribution in [2.45, 2.75) is 20.4 Å². The number of hydrogen-bond acceptors (Lipinski definition) is 5. The summed E-state index contributed by atoms with van der Waals surface area (Å²) in [5.41, 5.74) is 1.20. The summed E-state index contributed by atoms with van der Waals surface area (Å²) in [5, 5.41) is 22.8. The zero-order chi connectivity index (χ0) is 23.0. The normalized spacial score (nSPS) is 12.0. The number of nitrogens with zero attached hydrogens (tertiary/aromatic N) is 3. The summed E-state index contributed by atoms with van der Waals surface area (Å²) in [4.78, 5) is 4.23. The van der Waals surface area contributed by atoms with Crippen LogP contribution in [0.15, 0.2) is 48.8 Å². The van der Waals surface area contributed by atoms with Crippen molar-refractivity contribution in [3.63, 3.8) is 0 Å². The third-order valence-corrected chi connectivity index (χ3v) is 6.92. The van der Waals surface area contributed by atoms with Gasteiger partial charge >= 0.3 is 10.2 Å². The van der Waals surface area contributed by atoms with Gasteiger partial charge < -0.3 is 14.8 Å². The molecule has 0 atom stereocenters. The second-order valence-corrected chi connectivity index (χ2v) is 8.94. The van der Waals surface area contributed by atoms with Crippen molar-refractivity contribution in [3.8, 4) is 11.6 Å². The fourth-order valence-corrected chi connectivity index (χ4v) is 5.19. The summed E-state index contributed by atoms with van der Waals surface area (Å²) in [6.45, 7) is 3.89. The van der Waals surface area contributed by atoms with Gasteiger partial charge in [-0.1, -0.05) is 19.1 Å². The predicted molar refractivity (Wildman–Crippen MR) is 122 cm³/mol. The largest absolute Gasteiger partial charge is 0.505 e. The minimum Gasteiger partial charge on any atom is -0.505 e. The molecule has 0 aliphatic carbocycles. The number of aromatic hydroxyl groups is 2. The highest BCUT2D eigenvalue weighted by molar-refractivity contribution is 7.90. The summed E-state index contributed by atoms with van der Waals surface area (Å²) in [6, 6.07) is 9.14. The third-order valence-electron chi connectivity index (χ3n) is 5.25. The second kappa shape index (κ2) is 8.29. The molecule has 8 nitrogen and oxygen atoms in total. The number of phenolic OH excluding ortho intramolecular Hbond substituents is 1. The Labute approximate surface area is 184 Å². The number of anilines is 1. The maximum atomic E-state index is 13.3. The van der Waals surface area contributed by atoms with E-state index >= 15 is 0 Å². The molecule has 2 aromatic heterocycles. The molecule has 0 spiro atoms. The average molecular weight is 459 g/mol. The molecule has 10 heteroatoms. The van der Waals surface area contributed by atoms with E-state index in [2.05, 4.69) is 9.71 Å². The lowest BCUT2D eigenvalue weighted by Crippen LogP contribution is -2.40. The molecule has 2 heterocycles. The maximum absolute atomic E-state index is 13.3. The number of nitrogens with one attached hydrogen (secondary N) is 1. The van der Waals surface area contributed by atoms with Crippen molar-refractivity contribution in [2.75, 3.05) is 17.4 Å². The summed E-state index contributed by atoms with van der Waals surface area (Å²) in [5.74, 6) is -0.862. The van der Waals surface area contributed by atoms with Gasteiger partial charge in [0.15, 0.2) is 5.75 Å². The molecular formula is C22H23FN4O4S. The Hall–Kier alpha value is -3.37. The number of halogens is 1. The van der Waals surface area contributed by atoms with Gasteiger partial charge in [0.25, 0.3) is 0 Å². The topological polar surface area (TPSA) is 108 Å². The highest BCUT2D eigenvalue weighted by Crippen LogP contribution is 2.46. The minimum absolute atomic E-state index is 0.0958. The van der Waals surface area contributed by atoms with E-state index in [4.69, 9.17) is 0 Å². The van der Waals surface area contributed by atoms with Gasteiger partial charge in [-0.2, -0.15) is 13.1 Å². The molecule has 0 unspecified atom stereocenters. The molecular weight excluding hydrogens is 435 g/mol. The Morgan fingerprint density at radius 1 is 1.12 bits per heavy atom. The molecule has 32 heavy (non-hydrogen) atoms. The van der Waals surface area contributed by atoms with Crippen LogP contribution in [0.1, 0.15) is 19.4 Å². The first-order valence-electron chi connectivity index (χ1n) is 10.1. The summed E-state index contributed by atoms with van der Waals surface area (Å²) >= 11 is 0. The number of rotatable bonds is 7. The van der Waals surface area contributed by atoms with Crippen molar-refractivity contribution in [1.82, 2.24) is 14.3 Å². The first-order valence-corrected chi connectivity index (χ1v) is 11.6. The molecule has 3 N–H and O–H groups in total. The van der Waals surface area contributed by atoms with Crippen LogP contribution in [0.5, 0.6) is 11.6 Å². The van der Waals surface area contributed by atoms with E-state index in [0.717, 1.165) is 5.56 Å². The van der Waals surface area contributed by atoms with Gasteiger partial charge in [-0.25, -0.2) is 4.39 Å². The second-order valence-electron chi connectivity index (χ2n) is 7.26. The van der Waals surface area contributed by atoms with E-state index in [1.165, 1.54) is 27.2 Å². The fourth-order valence-electron chi connectivity index (χ4n) is 3.89. The number of phenols is 1. The molecule has 0 aliphatic rings. The number of fused-ring (bicyclic) bond motifs is 2. The van der Waals surface area contributed by atoms with Crippen LogP contribution in [0.2, 0.25) is 0 Å². The van der Waals surface area contributed by atoms with Crippen LogP contribution in [0, 0.1) is 5.82 Å². The first-order chi connectivity index (χ1) is 15.3. The van der Waals surface area contributed by atoms with E-state index in [9.17, 15) is 23.0 Å². The number of benzene rings is 2. The Morgan fingerprint density at radius 3 is 2.50 bits per heavy atom. The molecule has 4 rings (SSSR count). The quantitative estimate of drug-likeness (QED) is 0.393. The van der Waals surface area contributed by atoms with Crippen LogP contribution < -0.4 is 9.03 Å². The van der Waals surface area contributed by atoms with Gasteiger partial charge in [0.05, 0.1) is 17.6 Å². The van der Waals surface area contributed by atoms with Crippen LogP contribution in [0.25, 0.3) is 21.7 Å². The van der Waals surface area contributed by atoms with Crippen molar-refractivity contribution in [1.29, 1.82) is 0 Å². The SMILES string of the molecule is CCNS(=O)(=O)N(CC)c1c2cccnc2c(O)c2c(O)n(Cc3ccc(F)cc3)cc12. The lowest BCUT2D eigenvalue weighted by Gasteiger charge is -2.25. The molecule has 0 radical (unpaired) electrons. The standard InChI is InChI=1S/C22H23FN4O4S/c1-3-25-32(30,31)27(4-2)20-16-6-5-11-24-19(16)21(28)18-17(20)13-26(22(18)29)12-14-7-9-15(23)10-8-14/h5-11,13,25,28-29H,3-4,12H2,1-2H3. The van der Waals surface area contributed by atoms with Crippen molar-refractivity contribution in [2.24, 2.45) is 0 Å². The Kier molecular flexibility index (Phi) is 5.66. The molecule has 0 bridgehead atoms. The zero-order valence-electron chi connectivity index (χ0n) is 17.6. The molecule has 168 valence electrons. The van der Waals surface area contributed by atoms with Gasteiger partial charge in [0, 0.05) is 36.3 Å². The van der Waals surface area contributed by atoms with Crippen LogP contribution in [-0.2, 0) is 16.8 Å². The van der Waals surface area contributed by atoms with Gasteiger partial charge in [0.1, 0.15) is 11.3 Å². The molecule has 2 aromatic carbocycles. The fraction of sp³-hybridized carbons (Fsp3) is 0.227. The van der Waals surface area contributed by atoms with Gasteiger partial charge in [-0.15, -0.1) is 0 Å². The predicted octanol–water partition coefficient (Wildman–Crippen LogP) is 3.47. The first kappa shape index (κ1) is 21.8. The van der Waals surface area contributed by atoms with Crippen molar-refractivity contribution < 1.29 is 23.0 Å². The summed E-state index contributed by atoms with van der Waals surface area (Å²) in [7, 11) is -3.90. The molecule has 4 aromatic rings. The Balaban J connectivity index is 2.02. The van der Waals surface area contributed by atoms with E-state index < -0.39 is 10.2 Å². The van der Waals surface area contributed by atoms with Gasteiger partial charge in [0.2, 0.25) is 5.88 Å². The smallest absolute Gasteiger partial charge is 0.301 e. The number of aromatic nitrogens is 2. The lowest BCUT2D eigenvalue weighted by molar-refractivity contribution is 0.425. The lowest BCUT2D eigenvalue weighted by atomic mass is 10.1. The zero-order valence-corrected chi connectivity index (χ0v) is 18.4. The average Bonchev–Trinajstić information content (AvgIpc) is 3.08. The third kappa shape index (κ3) is 3.61. The van der Waals surface area contributed by atoms with Gasteiger partial charge in [-0.3, -0.25) is 9.29 Å². The molecule has 0 aliphatic heterocycles. The molecule has 0 fully saturated rings. The Bertz CT molecular complexity index is 1400. The van der Waals surface area contributed by atoms with E-state index in [1.54, 1.807) is 44.3 Å². The monoisotopic (exact) mass is 458 g/mol. The highest BCUT2D eigenvalue weighted by Gasteiger charge is 2.28. The van der Waals surface area contributed by atoms with Crippen LogP contribution in [0.4, 0.5) is 10.1 Å².